The molecule has 0 unspecified atom stereocenters. The lowest BCUT2D eigenvalue weighted by atomic mass is 10.1. The minimum atomic E-state index is -0.189. The lowest BCUT2D eigenvalue weighted by Crippen LogP contribution is -2.45. The summed E-state index contributed by atoms with van der Waals surface area (Å²) in [7, 11) is 5.33. The van der Waals surface area contributed by atoms with Gasteiger partial charge in [0.25, 0.3) is 5.91 Å². The molecule has 29 heavy (non-hydrogen) atoms. The van der Waals surface area contributed by atoms with E-state index in [1.807, 2.05) is 25.1 Å². The van der Waals surface area contributed by atoms with Gasteiger partial charge in [0.1, 0.15) is 17.3 Å². The number of amides is 1. The fraction of sp³-hybridized carbons (Fsp3) is 0.476. The van der Waals surface area contributed by atoms with Crippen molar-refractivity contribution in [2.45, 2.75) is 13.3 Å². The Bertz CT molecular complexity index is 850. The SMILES string of the molecule is COc1ccc(CCNC(=O)c2cc(N3CCN(C)CC3)nc(C)n2)cc1OC. The predicted molar refractivity (Wildman–Crippen MR) is 112 cm³/mol. The molecule has 1 fully saturated rings. The van der Waals surface area contributed by atoms with Crippen LogP contribution in [-0.4, -0.2) is 74.8 Å². The number of aryl methyl sites for hydroxylation is 1. The zero-order valence-electron chi connectivity index (χ0n) is 17.6. The number of methoxy groups -OCH3 is 2. The summed E-state index contributed by atoms with van der Waals surface area (Å²) in [6.45, 7) is 6.08. The number of piperazine rings is 1. The molecule has 0 bridgehead atoms. The van der Waals surface area contributed by atoms with Gasteiger partial charge >= 0.3 is 0 Å². The summed E-state index contributed by atoms with van der Waals surface area (Å²) in [6.07, 6.45) is 0.682. The van der Waals surface area contributed by atoms with Crippen molar-refractivity contribution in [3.63, 3.8) is 0 Å². The topological polar surface area (TPSA) is 79.8 Å². The maximum absolute atomic E-state index is 12.6. The molecule has 1 aromatic heterocycles. The minimum Gasteiger partial charge on any atom is -0.493 e. The molecule has 3 rings (SSSR count). The number of carbonyl (C=O) groups excluding carboxylic acids is 1. The molecule has 1 aliphatic rings. The maximum Gasteiger partial charge on any atom is 0.270 e. The van der Waals surface area contributed by atoms with Gasteiger partial charge in [-0.25, -0.2) is 9.97 Å². The van der Waals surface area contributed by atoms with Crippen molar-refractivity contribution in [1.82, 2.24) is 20.2 Å². The second-order valence-electron chi connectivity index (χ2n) is 7.14. The van der Waals surface area contributed by atoms with E-state index in [-0.39, 0.29) is 5.91 Å². The van der Waals surface area contributed by atoms with E-state index in [2.05, 4.69) is 32.1 Å². The molecule has 0 atom stereocenters. The summed E-state index contributed by atoms with van der Waals surface area (Å²) in [6, 6.07) is 7.54. The number of carbonyl (C=O) groups is 1. The molecule has 0 radical (unpaired) electrons. The summed E-state index contributed by atoms with van der Waals surface area (Å²) in [5.74, 6) is 2.60. The van der Waals surface area contributed by atoms with Crippen LogP contribution in [0.15, 0.2) is 24.3 Å². The molecule has 1 aliphatic heterocycles. The molecule has 0 saturated carbocycles. The fourth-order valence-corrected chi connectivity index (χ4v) is 3.31. The van der Waals surface area contributed by atoms with Gasteiger partial charge in [-0.05, 0) is 38.1 Å². The van der Waals surface area contributed by atoms with Crippen LogP contribution >= 0.6 is 0 Å². The molecule has 1 N–H and O–H groups in total. The highest BCUT2D eigenvalue weighted by atomic mass is 16.5. The molecule has 2 aromatic rings. The van der Waals surface area contributed by atoms with Gasteiger partial charge in [0.05, 0.1) is 14.2 Å². The molecule has 1 amide bonds. The third kappa shape index (κ3) is 5.35. The first-order chi connectivity index (χ1) is 14.0. The fourth-order valence-electron chi connectivity index (χ4n) is 3.31. The Labute approximate surface area is 171 Å². The molecule has 2 heterocycles. The van der Waals surface area contributed by atoms with Crippen LogP contribution in [0, 0.1) is 6.92 Å². The number of likely N-dealkylation sites (N-methyl/N-ethyl adjacent to an activating group) is 1. The van der Waals surface area contributed by atoms with E-state index in [9.17, 15) is 4.79 Å². The second kappa shape index (κ2) is 9.56. The lowest BCUT2D eigenvalue weighted by molar-refractivity contribution is 0.0948. The number of anilines is 1. The quantitative estimate of drug-likeness (QED) is 0.756. The van der Waals surface area contributed by atoms with Crippen LogP contribution < -0.4 is 19.7 Å². The number of hydrogen-bond donors (Lipinski definition) is 1. The van der Waals surface area contributed by atoms with Crippen molar-refractivity contribution >= 4 is 11.7 Å². The Morgan fingerprint density at radius 3 is 2.48 bits per heavy atom. The number of aromatic nitrogens is 2. The van der Waals surface area contributed by atoms with Crippen LogP contribution in [0.2, 0.25) is 0 Å². The van der Waals surface area contributed by atoms with Gasteiger partial charge in [-0.1, -0.05) is 6.07 Å². The maximum atomic E-state index is 12.6. The number of nitrogens with one attached hydrogen (secondary N) is 1. The van der Waals surface area contributed by atoms with Gasteiger partial charge in [-0.15, -0.1) is 0 Å². The average molecular weight is 399 g/mol. The van der Waals surface area contributed by atoms with E-state index >= 15 is 0 Å². The van der Waals surface area contributed by atoms with Gasteiger partial charge in [-0.3, -0.25) is 4.79 Å². The van der Waals surface area contributed by atoms with Gasteiger partial charge in [-0.2, -0.15) is 0 Å². The highest BCUT2D eigenvalue weighted by Crippen LogP contribution is 2.27. The molecule has 0 aliphatic carbocycles. The Balaban J connectivity index is 1.61. The normalized spacial score (nSPS) is 14.6. The van der Waals surface area contributed by atoms with E-state index in [0.29, 0.717) is 36.0 Å². The van der Waals surface area contributed by atoms with Crippen LogP contribution in [-0.2, 0) is 6.42 Å². The number of rotatable bonds is 7. The molecule has 0 spiro atoms. The van der Waals surface area contributed by atoms with Crippen LogP contribution in [0.5, 0.6) is 11.5 Å². The highest BCUT2D eigenvalue weighted by Gasteiger charge is 2.18. The van der Waals surface area contributed by atoms with Crippen molar-refractivity contribution in [3.05, 3.63) is 41.3 Å². The molecular weight excluding hydrogens is 370 g/mol. The summed E-state index contributed by atoms with van der Waals surface area (Å²) < 4.78 is 10.6. The molecular formula is C21H29N5O3. The number of ether oxygens (including phenoxy) is 2. The standard InChI is InChI=1S/C21H29N5O3/c1-15-23-17(14-20(24-15)26-11-9-25(2)10-12-26)21(27)22-8-7-16-5-6-18(28-3)19(13-16)29-4/h5-6,13-14H,7-12H2,1-4H3,(H,22,27). The smallest absolute Gasteiger partial charge is 0.270 e. The van der Waals surface area contributed by atoms with Gasteiger partial charge in [0.2, 0.25) is 0 Å². The number of benzene rings is 1. The molecule has 1 aromatic carbocycles. The molecule has 8 nitrogen and oxygen atoms in total. The Morgan fingerprint density at radius 1 is 1.07 bits per heavy atom. The van der Waals surface area contributed by atoms with Crippen LogP contribution in [0.3, 0.4) is 0 Å². The van der Waals surface area contributed by atoms with Crippen molar-refractivity contribution < 1.29 is 14.3 Å². The van der Waals surface area contributed by atoms with E-state index in [1.54, 1.807) is 20.3 Å². The van der Waals surface area contributed by atoms with Crippen LogP contribution in [0.1, 0.15) is 21.9 Å². The molecule has 8 heteroatoms. The van der Waals surface area contributed by atoms with Crippen LogP contribution in [0.25, 0.3) is 0 Å². The molecule has 1 saturated heterocycles. The Hall–Kier alpha value is -2.87. The number of hydrogen-bond acceptors (Lipinski definition) is 7. The first-order valence-electron chi connectivity index (χ1n) is 9.78. The molecule has 156 valence electrons. The summed E-state index contributed by atoms with van der Waals surface area (Å²) >= 11 is 0. The van der Waals surface area contributed by atoms with Crippen molar-refractivity contribution in [3.8, 4) is 11.5 Å². The van der Waals surface area contributed by atoms with Gasteiger partial charge in [0, 0.05) is 38.8 Å². The van der Waals surface area contributed by atoms with Crippen molar-refractivity contribution in [2.24, 2.45) is 0 Å². The van der Waals surface area contributed by atoms with Gasteiger partial charge in [0.15, 0.2) is 11.5 Å². The van der Waals surface area contributed by atoms with E-state index in [0.717, 1.165) is 37.6 Å². The summed E-state index contributed by atoms with van der Waals surface area (Å²) in [4.78, 5) is 26.0. The van der Waals surface area contributed by atoms with E-state index in [1.165, 1.54) is 0 Å². The lowest BCUT2D eigenvalue weighted by Gasteiger charge is -2.33. The number of nitrogens with zero attached hydrogens (tertiary/aromatic N) is 4. The Kier molecular flexibility index (Phi) is 6.87. The Morgan fingerprint density at radius 2 is 1.79 bits per heavy atom. The highest BCUT2D eigenvalue weighted by molar-refractivity contribution is 5.93. The average Bonchev–Trinajstić information content (AvgIpc) is 2.73. The van der Waals surface area contributed by atoms with Gasteiger partial charge < -0.3 is 24.6 Å². The third-order valence-electron chi connectivity index (χ3n) is 5.03. The monoisotopic (exact) mass is 399 g/mol. The van der Waals surface area contributed by atoms with E-state index in [4.69, 9.17) is 9.47 Å². The third-order valence-corrected chi connectivity index (χ3v) is 5.03. The second-order valence-corrected chi connectivity index (χ2v) is 7.14. The first kappa shape index (κ1) is 20.9. The summed E-state index contributed by atoms with van der Waals surface area (Å²) in [5, 5.41) is 2.95. The predicted octanol–water partition coefficient (Wildman–Crippen LogP) is 1.53. The first-order valence-corrected chi connectivity index (χ1v) is 9.78. The van der Waals surface area contributed by atoms with Crippen molar-refractivity contribution in [1.29, 1.82) is 0 Å². The zero-order chi connectivity index (χ0) is 20.8. The van der Waals surface area contributed by atoms with Crippen molar-refractivity contribution in [2.75, 3.05) is 58.9 Å². The van der Waals surface area contributed by atoms with E-state index < -0.39 is 0 Å². The summed E-state index contributed by atoms with van der Waals surface area (Å²) in [5.41, 5.74) is 1.46. The largest absolute Gasteiger partial charge is 0.493 e. The zero-order valence-corrected chi connectivity index (χ0v) is 17.6. The minimum absolute atomic E-state index is 0.189. The van der Waals surface area contributed by atoms with Crippen LogP contribution in [0.4, 0.5) is 5.82 Å².